The second-order valence-corrected chi connectivity index (χ2v) is 7.40. The molecule has 1 aliphatic carbocycles. The van der Waals surface area contributed by atoms with Crippen molar-refractivity contribution < 1.29 is 23.2 Å². The minimum Gasteiger partial charge on any atom is -0.368 e. The topological polar surface area (TPSA) is 113 Å². The summed E-state index contributed by atoms with van der Waals surface area (Å²) >= 11 is 0. The third-order valence-corrected chi connectivity index (χ3v) is 5.59. The largest absolute Gasteiger partial charge is 0.368 e. The van der Waals surface area contributed by atoms with E-state index in [1.165, 1.54) is 0 Å². The molecule has 2 aliphatic heterocycles. The Bertz CT molecular complexity index is 572. The zero-order valence-corrected chi connectivity index (χ0v) is 13.9. The Labute approximate surface area is 144 Å². The summed E-state index contributed by atoms with van der Waals surface area (Å²) in [7, 11) is 0. The second-order valence-electron chi connectivity index (χ2n) is 7.40. The molecule has 0 spiro atoms. The molecule has 3 unspecified atom stereocenters. The first-order valence-corrected chi connectivity index (χ1v) is 8.75. The number of carbonyl (C=O) groups is 3. The summed E-state index contributed by atoms with van der Waals surface area (Å²) in [4.78, 5) is 36.1. The Morgan fingerprint density at radius 3 is 2.80 bits per heavy atom. The van der Waals surface area contributed by atoms with Gasteiger partial charge in [0.1, 0.15) is 6.04 Å². The van der Waals surface area contributed by atoms with Gasteiger partial charge in [-0.3, -0.25) is 14.4 Å². The maximum Gasteiger partial charge on any atom is 0.248 e. The number of halogens is 2. The van der Waals surface area contributed by atoms with Crippen LogP contribution in [0, 0.1) is 17.8 Å². The zero-order valence-electron chi connectivity index (χ0n) is 13.9. The molecule has 0 aromatic heterocycles. The van der Waals surface area contributed by atoms with Gasteiger partial charge < -0.3 is 21.7 Å². The molecule has 3 rings (SSSR count). The van der Waals surface area contributed by atoms with E-state index in [0.717, 1.165) is 6.42 Å². The van der Waals surface area contributed by atoms with Crippen molar-refractivity contribution in [3.63, 3.8) is 0 Å². The highest BCUT2D eigenvalue weighted by atomic mass is 19.3. The first-order valence-electron chi connectivity index (χ1n) is 8.75. The molecule has 5 N–H and O–H groups in total. The molecule has 140 valence electrons. The number of nitrogens with one attached hydrogen (secondary N) is 3. The van der Waals surface area contributed by atoms with Gasteiger partial charge >= 0.3 is 0 Å². The molecule has 0 bridgehead atoms. The van der Waals surface area contributed by atoms with E-state index in [2.05, 4.69) is 16.0 Å². The van der Waals surface area contributed by atoms with Gasteiger partial charge in [0.25, 0.3) is 0 Å². The van der Waals surface area contributed by atoms with Crippen LogP contribution >= 0.6 is 0 Å². The quantitative estimate of drug-likeness (QED) is 0.531. The van der Waals surface area contributed by atoms with Gasteiger partial charge in [-0.1, -0.05) is 0 Å². The van der Waals surface area contributed by atoms with Crippen molar-refractivity contribution in [2.75, 3.05) is 13.1 Å². The van der Waals surface area contributed by atoms with Gasteiger partial charge in [0, 0.05) is 25.3 Å². The number of fused-ring (bicyclic) bond motifs is 1. The van der Waals surface area contributed by atoms with Crippen LogP contribution in [0.2, 0.25) is 0 Å². The van der Waals surface area contributed by atoms with E-state index in [0.29, 0.717) is 19.5 Å². The lowest BCUT2D eigenvalue weighted by Crippen LogP contribution is -2.53. The molecular formula is C16H24F2N4O3. The Morgan fingerprint density at radius 2 is 2.12 bits per heavy atom. The summed E-state index contributed by atoms with van der Waals surface area (Å²) in [5, 5.41) is 8.27. The number of amides is 3. The summed E-state index contributed by atoms with van der Waals surface area (Å²) in [6.45, 7) is 0.969. The average Bonchev–Trinajstić information content (AvgIpc) is 3.03. The van der Waals surface area contributed by atoms with Crippen LogP contribution in [0.15, 0.2) is 0 Å². The van der Waals surface area contributed by atoms with Crippen molar-refractivity contribution in [1.29, 1.82) is 0 Å². The number of piperidine rings is 1. The Balaban J connectivity index is 1.61. The van der Waals surface area contributed by atoms with Gasteiger partial charge in [-0.15, -0.1) is 0 Å². The van der Waals surface area contributed by atoms with Crippen LogP contribution in [0.25, 0.3) is 0 Å². The third-order valence-electron chi connectivity index (χ3n) is 5.59. The second kappa shape index (κ2) is 6.86. The monoisotopic (exact) mass is 358 g/mol. The maximum absolute atomic E-state index is 13.6. The van der Waals surface area contributed by atoms with Crippen LogP contribution in [0.3, 0.4) is 0 Å². The molecule has 9 heteroatoms. The predicted octanol–water partition coefficient (Wildman–Crippen LogP) is -0.494. The Hall–Kier alpha value is -1.77. The molecule has 5 atom stereocenters. The highest BCUT2D eigenvalue weighted by Gasteiger charge is 2.53. The van der Waals surface area contributed by atoms with E-state index >= 15 is 0 Å². The van der Waals surface area contributed by atoms with Gasteiger partial charge in [0.05, 0.1) is 6.04 Å². The van der Waals surface area contributed by atoms with Gasteiger partial charge in [-0.2, -0.15) is 0 Å². The lowest BCUT2D eigenvalue weighted by molar-refractivity contribution is -0.131. The summed E-state index contributed by atoms with van der Waals surface area (Å²) < 4.78 is 27.1. The Kier molecular flexibility index (Phi) is 4.95. The SMILES string of the molecule is NC(=O)[C@H](C[C@@H]1CCCNC1=O)NC(=O)C1NCC2CC(F)(F)CC21. The van der Waals surface area contributed by atoms with Crippen molar-refractivity contribution in [2.24, 2.45) is 23.5 Å². The third kappa shape index (κ3) is 3.91. The van der Waals surface area contributed by atoms with Gasteiger partial charge in [0.2, 0.25) is 23.6 Å². The van der Waals surface area contributed by atoms with Gasteiger partial charge in [0.15, 0.2) is 0 Å². The fourth-order valence-corrected chi connectivity index (χ4v) is 4.31. The van der Waals surface area contributed by atoms with Crippen molar-refractivity contribution in [1.82, 2.24) is 16.0 Å². The summed E-state index contributed by atoms with van der Waals surface area (Å²) in [5.74, 6) is -5.17. The van der Waals surface area contributed by atoms with E-state index in [9.17, 15) is 23.2 Å². The first-order chi connectivity index (χ1) is 11.8. The highest BCUT2D eigenvalue weighted by molar-refractivity contribution is 5.90. The van der Waals surface area contributed by atoms with Crippen LogP contribution in [-0.4, -0.2) is 48.8 Å². The van der Waals surface area contributed by atoms with E-state index in [-0.39, 0.29) is 37.0 Å². The molecular weight excluding hydrogens is 334 g/mol. The Morgan fingerprint density at radius 1 is 1.36 bits per heavy atom. The van der Waals surface area contributed by atoms with Gasteiger partial charge in [-0.05, 0) is 37.6 Å². The smallest absolute Gasteiger partial charge is 0.248 e. The van der Waals surface area contributed by atoms with Crippen molar-refractivity contribution in [2.45, 2.75) is 50.1 Å². The summed E-state index contributed by atoms with van der Waals surface area (Å²) in [6.07, 6.45) is 1.03. The van der Waals surface area contributed by atoms with Gasteiger partial charge in [-0.25, -0.2) is 8.78 Å². The molecule has 25 heavy (non-hydrogen) atoms. The average molecular weight is 358 g/mol. The number of hydrogen-bond acceptors (Lipinski definition) is 4. The fraction of sp³-hybridized carbons (Fsp3) is 0.812. The standard InChI is InChI=1S/C16H24F2N4O3/c17-16(18)5-9-7-21-12(10(9)6-16)15(25)22-11(13(19)23)4-8-2-1-3-20-14(8)24/h8-12,21H,1-7H2,(H2,19,23)(H,20,24)(H,22,25)/t8-,9?,10?,11-,12?/m0/s1. The predicted molar refractivity (Wildman–Crippen MR) is 84.4 cm³/mol. The number of alkyl halides is 2. The number of primary amides is 1. The van der Waals surface area contributed by atoms with Crippen LogP contribution in [0.4, 0.5) is 8.78 Å². The lowest BCUT2D eigenvalue weighted by atomic mass is 9.90. The lowest BCUT2D eigenvalue weighted by Gasteiger charge is -2.27. The molecule has 3 amide bonds. The zero-order chi connectivity index (χ0) is 18.2. The number of hydrogen-bond donors (Lipinski definition) is 4. The molecule has 0 aromatic carbocycles. The van der Waals surface area contributed by atoms with E-state index < -0.39 is 35.7 Å². The molecule has 0 radical (unpaired) electrons. The molecule has 2 saturated heterocycles. The van der Waals surface area contributed by atoms with E-state index in [4.69, 9.17) is 5.73 Å². The highest BCUT2D eigenvalue weighted by Crippen LogP contribution is 2.46. The first kappa shape index (κ1) is 18.0. The molecule has 1 saturated carbocycles. The molecule has 3 aliphatic rings. The van der Waals surface area contributed by atoms with Crippen LogP contribution in [-0.2, 0) is 14.4 Å². The van der Waals surface area contributed by atoms with Crippen LogP contribution in [0.1, 0.15) is 32.1 Å². The minimum atomic E-state index is -2.74. The number of rotatable bonds is 5. The molecule has 7 nitrogen and oxygen atoms in total. The van der Waals surface area contributed by atoms with Crippen LogP contribution in [0.5, 0.6) is 0 Å². The minimum absolute atomic E-state index is 0.129. The molecule has 3 fully saturated rings. The van der Waals surface area contributed by atoms with Crippen molar-refractivity contribution in [3.05, 3.63) is 0 Å². The van der Waals surface area contributed by atoms with Crippen LogP contribution < -0.4 is 21.7 Å². The number of nitrogens with two attached hydrogens (primary N) is 1. The molecule has 0 aromatic rings. The van der Waals surface area contributed by atoms with E-state index in [1.54, 1.807) is 0 Å². The van der Waals surface area contributed by atoms with Crippen molar-refractivity contribution >= 4 is 17.7 Å². The normalized spacial score (nSPS) is 34.9. The number of carbonyl (C=O) groups excluding carboxylic acids is 3. The summed E-state index contributed by atoms with van der Waals surface area (Å²) in [5.41, 5.74) is 5.37. The maximum atomic E-state index is 13.6. The fourth-order valence-electron chi connectivity index (χ4n) is 4.31. The molecule has 2 heterocycles. The van der Waals surface area contributed by atoms with E-state index in [1.807, 2.05) is 0 Å². The van der Waals surface area contributed by atoms with Crippen molar-refractivity contribution in [3.8, 4) is 0 Å². The summed E-state index contributed by atoms with van der Waals surface area (Å²) in [6, 6.07) is -1.73.